The van der Waals surface area contributed by atoms with Crippen molar-refractivity contribution in [1.29, 1.82) is 0 Å². The molecule has 10 heteroatoms. The Bertz CT molecular complexity index is 1060. The monoisotopic (exact) mass is 466 g/mol. The van der Waals surface area contributed by atoms with Crippen LogP contribution in [-0.2, 0) is 14.4 Å². The molecule has 1 aliphatic carbocycles. The number of aliphatic carboxylic acids is 1. The van der Waals surface area contributed by atoms with Crippen LogP contribution in [0.15, 0.2) is 53.6 Å². The zero-order chi connectivity index (χ0) is 24.3. The van der Waals surface area contributed by atoms with Gasteiger partial charge in [0.05, 0.1) is 17.5 Å². The van der Waals surface area contributed by atoms with E-state index in [1.807, 2.05) is 0 Å². The van der Waals surface area contributed by atoms with Crippen molar-refractivity contribution in [2.75, 3.05) is 11.9 Å². The Morgan fingerprint density at radius 1 is 0.971 bits per heavy atom. The quantitative estimate of drug-likeness (QED) is 0.267. The average molecular weight is 466 g/mol. The highest BCUT2D eigenvalue weighted by molar-refractivity contribution is 6.40. The molecule has 10 nitrogen and oxygen atoms in total. The van der Waals surface area contributed by atoms with Crippen molar-refractivity contribution in [2.24, 2.45) is 5.10 Å². The van der Waals surface area contributed by atoms with E-state index in [0.29, 0.717) is 11.3 Å². The number of ether oxygens (including phenoxy) is 1. The normalized spacial score (nSPS) is 13.8. The van der Waals surface area contributed by atoms with E-state index in [0.717, 1.165) is 25.7 Å². The smallest absolute Gasteiger partial charge is 0.341 e. The minimum atomic E-state index is -1.08. The predicted octanol–water partition coefficient (Wildman–Crippen LogP) is 2.30. The number of carbonyl (C=O) groups is 4. The Morgan fingerprint density at radius 3 is 2.38 bits per heavy atom. The average Bonchev–Trinajstić information content (AvgIpc) is 2.84. The van der Waals surface area contributed by atoms with Crippen molar-refractivity contribution in [1.82, 2.24) is 10.7 Å². The summed E-state index contributed by atoms with van der Waals surface area (Å²) < 4.78 is 5.03. The number of carboxylic acid groups (broad SMARTS) is 1. The summed E-state index contributed by atoms with van der Waals surface area (Å²) in [6, 6.07) is 12.9. The van der Waals surface area contributed by atoms with Gasteiger partial charge in [-0.3, -0.25) is 14.4 Å². The van der Waals surface area contributed by atoms with Crippen LogP contribution in [0, 0.1) is 0 Å². The van der Waals surface area contributed by atoms with Gasteiger partial charge in [0.15, 0.2) is 6.61 Å². The Hall–Kier alpha value is -4.21. The molecule has 0 aromatic heterocycles. The molecular weight excluding hydrogens is 440 g/mol. The van der Waals surface area contributed by atoms with Crippen molar-refractivity contribution >= 4 is 35.6 Å². The number of nitrogens with zero attached hydrogens (tertiary/aromatic N) is 1. The molecule has 1 aliphatic rings. The fourth-order valence-corrected chi connectivity index (χ4v) is 3.49. The minimum Gasteiger partial charge on any atom is -0.482 e. The number of rotatable bonds is 8. The number of hydrogen-bond donors (Lipinski definition) is 4. The molecule has 0 atom stereocenters. The van der Waals surface area contributed by atoms with Gasteiger partial charge in [0, 0.05) is 6.04 Å². The highest BCUT2D eigenvalue weighted by Gasteiger charge is 2.20. The lowest BCUT2D eigenvalue weighted by Crippen LogP contribution is -2.37. The molecule has 3 rings (SSSR count). The van der Waals surface area contributed by atoms with Crippen molar-refractivity contribution < 1.29 is 29.0 Å². The second-order valence-electron chi connectivity index (χ2n) is 7.76. The molecule has 0 radical (unpaired) electrons. The molecule has 0 unspecified atom stereocenters. The third-order valence-corrected chi connectivity index (χ3v) is 5.19. The predicted molar refractivity (Wildman–Crippen MR) is 125 cm³/mol. The first-order chi connectivity index (χ1) is 16.4. The molecule has 0 heterocycles. The first kappa shape index (κ1) is 24.4. The second-order valence-corrected chi connectivity index (χ2v) is 7.76. The number of benzene rings is 2. The maximum Gasteiger partial charge on any atom is 0.341 e. The van der Waals surface area contributed by atoms with E-state index in [9.17, 15) is 19.2 Å². The third kappa shape index (κ3) is 7.44. The molecule has 0 bridgehead atoms. The fraction of sp³-hybridized carbons (Fsp3) is 0.292. The van der Waals surface area contributed by atoms with Gasteiger partial charge in [0.25, 0.3) is 5.91 Å². The molecule has 2 aromatic rings. The number of carboxylic acids is 1. The van der Waals surface area contributed by atoms with E-state index in [4.69, 9.17) is 9.84 Å². The van der Waals surface area contributed by atoms with E-state index in [1.165, 1.54) is 12.6 Å². The van der Waals surface area contributed by atoms with Gasteiger partial charge in [0.2, 0.25) is 0 Å². The SMILES string of the molecule is O=C(O)COc1ccc(/C=N/NC(=O)C(=O)Nc2ccccc2C(=O)NC2CCCCC2)cc1. The van der Waals surface area contributed by atoms with Gasteiger partial charge in [-0.25, -0.2) is 10.2 Å². The van der Waals surface area contributed by atoms with Crippen molar-refractivity contribution in [3.63, 3.8) is 0 Å². The van der Waals surface area contributed by atoms with Gasteiger partial charge >= 0.3 is 17.8 Å². The number of amides is 3. The van der Waals surface area contributed by atoms with Gasteiger partial charge in [-0.15, -0.1) is 0 Å². The zero-order valence-corrected chi connectivity index (χ0v) is 18.5. The molecule has 2 aromatic carbocycles. The first-order valence-corrected chi connectivity index (χ1v) is 10.9. The topological polar surface area (TPSA) is 146 Å². The zero-order valence-electron chi connectivity index (χ0n) is 18.5. The Balaban J connectivity index is 1.53. The van der Waals surface area contributed by atoms with Crippen LogP contribution in [0.2, 0.25) is 0 Å². The number of nitrogens with one attached hydrogen (secondary N) is 3. The van der Waals surface area contributed by atoms with Gasteiger partial charge in [-0.05, 0) is 54.8 Å². The third-order valence-electron chi connectivity index (χ3n) is 5.19. The molecule has 34 heavy (non-hydrogen) atoms. The van der Waals surface area contributed by atoms with Crippen LogP contribution in [0.3, 0.4) is 0 Å². The summed E-state index contributed by atoms with van der Waals surface area (Å²) in [4.78, 5) is 47.6. The summed E-state index contributed by atoms with van der Waals surface area (Å²) in [5.74, 6) is -2.97. The summed E-state index contributed by atoms with van der Waals surface area (Å²) >= 11 is 0. The summed E-state index contributed by atoms with van der Waals surface area (Å²) in [7, 11) is 0. The highest BCUT2D eigenvalue weighted by Crippen LogP contribution is 2.20. The largest absolute Gasteiger partial charge is 0.482 e. The molecule has 0 spiro atoms. The van der Waals surface area contributed by atoms with E-state index < -0.39 is 24.4 Å². The van der Waals surface area contributed by atoms with Gasteiger partial charge in [0.1, 0.15) is 5.75 Å². The fourth-order valence-electron chi connectivity index (χ4n) is 3.49. The van der Waals surface area contributed by atoms with Crippen LogP contribution in [0.5, 0.6) is 5.75 Å². The molecule has 4 N–H and O–H groups in total. The van der Waals surface area contributed by atoms with Crippen molar-refractivity contribution in [3.05, 3.63) is 59.7 Å². The van der Waals surface area contributed by atoms with Crippen molar-refractivity contribution in [3.8, 4) is 5.75 Å². The first-order valence-electron chi connectivity index (χ1n) is 10.9. The van der Waals surface area contributed by atoms with E-state index in [1.54, 1.807) is 48.5 Å². The van der Waals surface area contributed by atoms with E-state index in [2.05, 4.69) is 21.2 Å². The summed E-state index contributed by atoms with van der Waals surface area (Å²) in [5, 5.41) is 17.8. The van der Waals surface area contributed by atoms with Crippen molar-refractivity contribution in [2.45, 2.75) is 38.1 Å². The lowest BCUT2D eigenvalue weighted by Gasteiger charge is -2.23. The minimum absolute atomic E-state index is 0.112. The second kappa shape index (κ2) is 12.1. The molecule has 0 aliphatic heterocycles. The van der Waals surface area contributed by atoms with Crippen LogP contribution in [0.25, 0.3) is 0 Å². The maximum atomic E-state index is 12.7. The number of para-hydroxylation sites is 1. The van der Waals surface area contributed by atoms with E-state index in [-0.39, 0.29) is 23.2 Å². The maximum absolute atomic E-state index is 12.7. The Kier molecular flexibility index (Phi) is 8.73. The standard InChI is InChI=1S/C24H26N4O6/c29-21(30)15-34-18-12-10-16(11-13-18)14-25-28-24(33)23(32)27-20-9-5-4-8-19(20)22(31)26-17-6-2-1-3-7-17/h4-5,8-14,17H,1-3,6-7,15H2,(H,26,31)(H,27,32)(H,28,33)(H,29,30)/b25-14+. The number of hydrogen-bond acceptors (Lipinski definition) is 6. The summed E-state index contributed by atoms with van der Waals surface area (Å²) in [6.07, 6.45) is 6.50. The lowest BCUT2D eigenvalue weighted by molar-refractivity contribution is -0.139. The Morgan fingerprint density at radius 2 is 1.68 bits per heavy atom. The van der Waals surface area contributed by atoms with Gasteiger partial charge in [-0.1, -0.05) is 31.4 Å². The molecule has 3 amide bonds. The van der Waals surface area contributed by atoms with E-state index >= 15 is 0 Å². The molecular formula is C24H26N4O6. The molecule has 1 saturated carbocycles. The molecule has 1 fully saturated rings. The van der Waals surface area contributed by atoms with Crippen LogP contribution in [0.1, 0.15) is 48.0 Å². The number of carbonyl (C=O) groups excluding carboxylic acids is 3. The number of hydrazone groups is 1. The van der Waals surface area contributed by atoms with Crippen LogP contribution >= 0.6 is 0 Å². The lowest BCUT2D eigenvalue weighted by atomic mass is 9.95. The van der Waals surface area contributed by atoms with Crippen LogP contribution < -0.4 is 20.8 Å². The van der Waals surface area contributed by atoms with Crippen LogP contribution in [-0.4, -0.2) is 47.7 Å². The van der Waals surface area contributed by atoms with Gasteiger partial charge in [-0.2, -0.15) is 5.10 Å². The molecule has 178 valence electrons. The number of anilines is 1. The molecule has 0 saturated heterocycles. The summed E-state index contributed by atoms with van der Waals surface area (Å²) in [5.41, 5.74) is 3.23. The van der Waals surface area contributed by atoms with Crippen LogP contribution in [0.4, 0.5) is 5.69 Å². The Labute approximate surface area is 196 Å². The highest BCUT2D eigenvalue weighted by atomic mass is 16.5. The van der Waals surface area contributed by atoms with Gasteiger partial charge < -0.3 is 20.5 Å². The summed E-state index contributed by atoms with van der Waals surface area (Å²) in [6.45, 7) is -0.454.